The molecule has 3 aromatic rings. The van der Waals surface area contributed by atoms with Crippen LogP contribution in [0.1, 0.15) is 57.8 Å². The maximum Gasteiger partial charge on any atom is 0.422 e. The summed E-state index contributed by atoms with van der Waals surface area (Å²) in [5.41, 5.74) is 2.03. The van der Waals surface area contributed by atoms with Gasteiger partial charge in [-0.2, -0.15) is 23.4 Å². The van der Waals surface area contributed by atoms with Crippen molar-refractivity contribution < 1.29 is 27.5 Å². The number of alkyl halides is 3. The molecule has 0 saturated heterocycles. The molecule has 0 spiro atoms. The summed E-state index contributed by atoms with van der Waals surface area (Å²) in [6, 6.07) is 7.93. The van der Waals surface area contributed by atoms with E-state index >= 15 is 0 Å². The Kier molecular flexibility index (Phi) is 7.13. The van der Waals surface area contributed by atoms with Gasteiger partial charge in [0.05, 0.1) is 5.69 Å². The zero-order valence-electron chi connectivity index (χ0n) is 20.9. The highest BCUT2D eigenvalue weighted by molar-refractivity contribution is 6.08. The third kappa shape index (κ3) is 6.35. The van der Waals surface area contributed by atoms with Crippen molar-refractivity contribution in [2.75, 3.05) is 11.9 Å². The van der Waals surface area contributed by atoms with Gasteiger partial charge in [-0.05, 0) is 48.9 Å². The Hall–Kier alpha value is -3.83. The summed E-state index contributed by atoms with van der Waals surface area (Å²) in [6.45, 7) is -0.751. The van der Waals surface area contributed by atoms with E-state index in [9.17, 15) is 22.8 Å². The van der Waals surface area contributed by atoms with Gasteiger partial charge in [0.2, 0.25) is 0 Å². The summed E-state index contributed by atoms with van der Waals surface area (Å²) < 4.78 is 45.5. The van der Waals surface area contributed by atoms with Crippen LogP contribution in [0.3, 0.4) is 0 Å². The SMILES string of the molecule is Cn1ccc(C(=O)Nc2c3c(nn2CCC2CC2)C[C@H](CCc2cccc(OCC(F)(F)F)c2)NC3=O)n1. The third-order valence-corrected chi connectivity index (χ3v) is 6.73. The van der Waals surface area contributed by atoms with Crippen LogP contribution >= 0.6 is 0 Å². The highest BCUT2D eigenvalue weighted by Gasteiger charge is 2.33. The smallest absolute Gasteiger partial charge is 0.422 e. The molecular formula is C26H29F3N6O3. The number of anilines is 1. The summed E-state index contributed by atoms with van der Waals surface area (Å²) in [7, 11) is 1.72. The van der Waals surface area contributed by atoms with Gasteiger partial charge in [0, 0.05) is 32.3 Å². The number of fused-ring (bicyclic) bond motifs is 1. The van der Waals surface area contributed by atoms with E-state index in [1.807, 2.05) is 6.07 Å². The standard InChI is InChI=1S/C26H29F3N6O3/c1-34-11-10-20(32-34)24(36)31-23-22-21(33-35(23)12-9-16-5-6-16)14-18(30-25(22)37)8-7-17-3-2-4-19(13-17)38-15-26(27,28)29/h2-4,10-11,13,16,18H,5-9,12,14-15H2,1H3,(H,30,37)(H,31,36)/t18-/m0/s1. The van der Waals surface area contributed by atoms with Crippen LogP contribution in [0, 0.1) is 5.92 Å². The van der Waals surface area contributed by atoms with Gasteiger partial charge in [-0.1, -0.05) is 25.0 Å². The average Bonchev–Trinajstić information content (AvgIpc) is 3.49. The molecule has 12 heteroatoms. The largest absolute Gasteiger partial charge is 0.484 e. The van der Waals surface area contributed by atoms with Gasteiger partial charge in [-0.15, -0.1) is 0 Å². The minimum Gasteiger partial charge on any atom is -0.484 e. The van der Waals surface area contributed by atoms with Crippen LogP contribution < -0.4 is 15.4 Å². The Labute approximate surface area is 217 Å². The zero-order valence-corrected chi connectivity index (χ0v) is 20.9. The molecule has 38 heavy (non-hydrogen) atoms. The Morgan fingerprint density at radius 3 is 2.74 bits per heavy atom. The Morgan fingerprint density at radius 2 is 2.03 bits per heavy atom. The first-order valence-electron chi connectivity index (χ1n) is 12.6. The van der Waals surface area contributed by atoms with Crippen LogP contribution in [0.25, 0.3) is 0 Å². The Morgan fingerprint density at radius 1 is 1.21 bits per heavy atom. The van der Waals surface area contributed by atoms with E-state index in [0.29, 0.717) is 48.8 Å². The first-order valence-corrected chi connectivity index (χ1v) is 12.6. The maximum absolute atomic E-state index is 13.2. The van der Waals surface area contributed by atoms with Gasteiger partial charge in [-0.3, -0.25) is 14.3 Å². The fraction of sp³-hybridized carbons (Fsp3) is 0.462. The molecule has 3 heterocycles. The number of benzene rings is 1. The van der Waals surface area contributed by atoms with Gasteiger partial charge in [0.1, 0.15) is 17.1 Å². The molecule has 5 rings (SSSR count). The van der Waals surface area contributed by atoms with Crippen LogP contribution in [0.2, 0.25) is 0 Å². The lowest BCUT2D eigenvalue weighted by molar-refractivity contribution is -0.153. The molecule has 1 fully saturated rings. The van der Waals surface area contributed by atoms with E-state index in [2.05, 4.69) is 15.7 Å². The van der Waals surface area contributed by atoms with E-state index in [0.717, 1.165) is 12.0 Å². The third-order valence-electron chi connectivity index (χ3n) is 6.73. The number of aryl methyl sites for hydroxylation is 3. The highest BCUT2D eigenvalue weighted by atomic mass is 19.4. The number of hydrogen-bond donors (Lipinski definition) is 2. The second-order valence-corrected chi connectivity index (χ2v) is 9.92. The molecule has 1 aliphatic carbocycles. The quantitative estimate of drug-likeness (QED) is 0.414. The number of nitrogens with zero attached hydrogens (tertiary/aromatic N) is 4. The summed E-state index contributed by atoms with van der Waals surface area (Å²) in [5.74, 6) is 0.447. The van der Waals surface area contributed by atoms with Gasteiger partial charge in [0.25, 0.3) is 11.8 Å². The fourth-order valence-electron chi connectivity index (χ4n) is 4.61. The predicted molar refractivity (Wildman–Crippen MR) is 132 cm³/mol. The van der Waals surface area contributed by atoms with E-state index in [1.165, 1.54) is 23.6 Å². The second kappa shape index (κ2) is 10.5. The summed E-state index contributed by atoms with van der Waals surface area (Å²) in [6.07, 6.45) is 2.14. The molecule has 2 amide bonds. The van der Waals surface area contributed by atoms with Crippen LogP contribution in [-0.2, 0) is 26.4 Å². The van der Waals surface area contributed by atoms with Gasteiger partial charge < -0.3 is 15.4 Å². The number of carbonyl (C=O) groups excluding carboxylic acids is 2. The number of amides is 2. The van der Waals surface area contributed by atoms with Gasteiger partial charge in [-0.25, -0.2) is 4.68 Å². The van der Waals surface area contributed by atoms with Crippen molar-refractivity contribution in [3.63, 3.8) is 0 Å². The van der Waals surface area contributed by atoms with Crippen molar-refractivity contribution in [1.29, 1.82) is 0 Å². The molecule has 1 aliphatic heterocycles. The van der Waals surface area contributed by atoms with Crippen LogP contribution in [-0.4, -0.2) is 50.2 Å². The summed E-state index contributed by atoms with van der Waals surface area (Å²) in [5, 5.41) is 14.7. The molecule has 2 N–H and O–H groups in total. The molecule has 2 aromatic heterocycles. The minimum absolute atomic E-state index is 0.150. The van der Waals surface area contributed by atoms with Crippen LogP contribution in [0.15, 0.2) is 36.5 Å². The molecule has 9 nitrogen and oxygen atoms in total. The number of carbonyl (C=O) groups is 2. The van der Waals surface area contributed by atoms with Gasteiger partial charge >= 0.3 is 6.18 Å². The number of rotatable bonds is 10. The molecule has 1 aromatic carbocycles. The average molecular weight is 531 g/mol. The summed E-state index contributed by atoms with van der Waals surface area (Å²) in [4.78, 5) is 26.0. The molecule has 1 atom stereocenters. The minimum atomic E-state index is -4.40. The Balaban J connectivity index is 1.28. The lowest BCUT2D eigenvalue weighted by Gasteiger charge is -2.23. The van der Waals surface area contributed by atoms with Gasteiger partial charge in [0.15, 0.2) is 12.3 Å². The normalized spacial score (nSPS) is 17.2. The molecule has 2 aliphatic rings. The lowest BCUT2D eigenvalue weighted by atomic mass is 9.96. The second-order valence-electron chi connectivity index (χ2n) is 9.92. The Bertz CT molecular complexity index is 1330. The molecule has 0 unspecified atom stereocenters. The topological polar surface area (TPSA) is 103 Å². The number of halogens is 3. The van der Waals surface area contributed by atoms with E-state index < -0.39 is 18.7 Å². The van der Waals surface area contributed by atoms with Crippen molar-refractivity contribution in [1.82, 2.24) is 24.9 Å². The highest BCUT2D eigenvalue weighted by Crippen LogP contribution is 2.34. The number of aromatic nitrogens is 4. The molecule has 0 radical (unpaired) electrons. The van der Waals surface area contributed by atoms with Crippen LogP contribution in [0.5, 0.6) is 5.75 Å². The van der Waals surface area contributed by atoms with Crippen molar-refractivity contribution in [3.8, 4) is 5.75 Å². The van der Waals surface area contributed by atoms with E-state index in [-0.39, 0.29) is 23.4 Å². The molecule has 0 bridgehead atoms. The van der Waals surface area contributed by atoms with Crippen molar-refractivity contribution in [3.05, 3.63) is 59.0 Å². The number of hydrogen-bond acceptors (Lipinski definition) is 5. The number of nitrogens with one attached hydrogen (secondary N) is 2. The first kappa shape index (κ1) is 25.8. The number of ether oxygens (including phenoxy) is 1. The monoisotopic (exact) mass is 530 g/mol. The lowest BCUT2D eigenvalue weighted by Crippen LogP contribution is -2.41. The van der Waals surface area contributed by atoms with E-state index in [4.69, 9.17) is 9.84 Å². The van der Waals surface area contributed by atoms with E-state index in [1.54, 1.807) is 36.1 Å². The van der Waals surface area contributed by atoms with Crippen molar-refractivity contribution in [2.45, 2.75) is 57.3 Å². The molecular weight excluding hydrogens is 501 g/mol. The van der Waals surface area contributed by atoms with Crippen molar-refractivity contribution >= 4 is 17.6 Å². The fourth-order valence-corrected chi connectivity index (χ4v) is 4.61. The summed E-state index contributed by atoms with van der Waals surface area (Å²) >= 11 is 0. The maximum atomic E-state index is 13.2. The predicted octanol–water partition coefficient (Wildman–Crippen LogP) is 3.90. The van der Waals surface area contributed by atoms with Crippen LogP contribution in [0.4, 0.5) is 19.0 Å². The first-order chi connectivity index (χ1) is 18.1. The van der Waals surface area contributed by atoms with Crippen molar-refractivity contribution in [2.24, 2.45) is 13.0 Å². The zero-order chi connectivity index (χ0) is 26.9. The molecule has 202 valence electrons. The molecule has 1 saturated carbocycles.